The molecule has 0 unspecified atom stereocenters. The molecular weight excluding hydrogens is 236 g/mol. The summed E-state index contributed by atoms with van der Waals surface area (Å²) in [6.07, 6.45) is 1.94. The molecule has 0 spiro atoms. The molecule has 4 aliphatic rings. The van der Waals surface area contributed by atoms with E-state index < -0.39 is 0 Å². The molecule has 6 nitrogen and oxygen atoms in total. The van der Waals surface area contributed by atoms with Crippen molar-refractivity contribution in [2.45, 2.75) is 6.54 Å². The maximum atomic E-state index is 5.71. The molecule has 0 aliphatic carbocycles. The van der Waals surface area contributed by atoms with Crippen molar-refractivity contribution in [2.75, 3.05) is 45.7 Å². The van der Waals surface area contributed by atoms with E-state index in [2.05, 4.69) is 19.7 Å². The zero-order valence-corrected chi connectivity index (χ0v) is 10.6. The average molecular weight is 253 g/mol. The van der Waals surface area contributed by atoms with Gasteiger partial charge in [0.15, 0.2) is 5.13 Å². The topological polar surface area (TPSA) is 48.6 Å². The Hall–Kier alpha value is -0.730. The standard InChI is InChI=1S/C10H17N6S/c11-10-12-1-9(17-10)2-16-6-13-3-14(7-16)5-15(4-13)8-16/h1H,2-8H2,(H2,11,12)/q+1. The summed E-state index contributed by atoms with van der Waals surface area (Å²) in [5.74, 6) is 0. The molecule has 1 aromatic heterocycles. The predicted octanol–water partition coefficient (Wildman–Crippen LogP) is -0.266. The van der Waals surface area contributed by atoms with Crippen molar-refractivity contribution < 1.29 is 4.48 Å². The molecule has 4 aliphatic heterocycles. The van der Waals surface area contributed by atoms with Gasteiger partial charge in [0, 0.05) is 6.20 Å². The molecule has 0 atom stereocenters. The molecule has 0 saturated carbocycles. The largest absolute Gasteiger partial charge is 0.375 e. The lowest BCUT2D eigenvalue weighted by Crippen LogP contribution is -2.78. The molecule has 92 valence electrons. The molecule has 2 N–H and O–H groups in total. The Bertz CT molecular complexity index is 408. The third kappa shape index (κ3) is 1.66. The number of nitrogens with zero attached hydrogens (tertiary/aromatic N) is 5. The van der Waals surface area contributed by atoms with Crippen LogP contribution in [0, 0.1) is 0 Å². The van der Waals surface area contributed by atoms with Crippen molar-refractivity contribution >= 4 is 16.5 Å². The summed E-state index contributed by atoms with van der Waals surface area (Å²) in [7, 11) is 0. The van der Waals surface area contributed by atoms with E-state index in [1.165, 1.54) is 24.9 Å². The smallest absolute Gasteiger partial charge is 0.180 e. The lowest BCUT2D eigenvalue weighted by Gasteiger charge is -2.60. The number of rotatable bonds is 2. The zero-order valence-electron chi connectivity index (χ0n) is 9.75. The van der Waals surface area contributed by atoms with E-state index in [0.717, 1.165) is 31.0 Å². The molecule has 5 heterocycles. The van der Waals surface area contributed by atoms with Crippen LogP contribution in [-0.2, 0) is 6.54 Å². The Morgan fingerprint density at radius 1 is 1.18 bits per heavy atom. The van der Waals surface area contributed by atoms with Crippen LogP contribution >= 0.6 is 11.3 Å². The number of anilines is 1. The van der Waals surface area contributed by atoms with Gasteiger partial charge in [0.2, 0.25) is 0 Å². The van der Waals surface area contributed by atoms with Gasteiger partial charge in [-0.05, 0) is 0 Å². The first kappa shape index (κ1) is 10.2. The van der Waals surface area contributed by atoms with Gasteiger partial charge in [-0.3, -0.25) is 4.48 Å². The van der Waals surface area contributed by atoms with Crippen molar-refractivity contribution in [3.05, 3.63) is 11.1 Å². The number of quaternary nitrogens is 1. The van der Waals surface area contributed by atoms with Crippen LogP contribution in [-0.4, -0.2) is 64.2 Å². The quantitative estimate of drug-likeness (QED) is 0.736. The average Bonchev–Trinajstić information content (AvgIpc) is 2.60. The maximum Gasteiger partial charge on any atom is 0.180 e. The number of nitrogen functional groups attached to an aromatic ring is 1. The Morgan fingerprint density at radius 3 is 2.24 bits per heavy atom. The molecule has 4 fully saturated rings. The summed E-state index contributed by atoms with van der Waals surface area (Å²) in [5.41, 5.74) is 5.71. The van der Waals surface area contributed by atoms with Gasteiger partial charge in [0.25, 0.3) is 0 Å². The summed E-state index contributed by atoms with van der Waals surface area (Å²) >= 11 is 1.63. The fourth-order valence-electron chi connectivity index (χ4n) is 3.53. The molecule has 0 aromatic carbocycles. The van der Waals surface area contributed by atoms with Gasteiger partial charge in [-0.25, -0.2) is 19.7 Å². The minimum atomic E-state index is 0.690. The Kier molecular flexibility index (Phi) is 2.04. The van der Waals surface area contributed by atoms with E-state index in [-0.39, 0.29) is 0 Å². The van der Waals surface area contributed by atoms with Crippen LogP contribution in [0.5, 0.6) is 0 Å². The summed E-state index contributed by atoms with van der Waals surface area (Å²) in [6, 6.07) is 0. The second kappa shape index (κ2) is 3.39. The van der Waals surface area contributed by atoms with E-state index in [4.69, 9.17) is 5.73 Å². The van der Waals surface area contributed by atoms with Gasteiger partial charge in [-0.15, -0.1) is 0 Å². The minimum Gasteiger partial charge on any atom is -0.375 e. The lowest BCUT2D eigenvalue weighted by molar-refractivity contribution is -0.991. The SMILES string of the molecule is Nc1ncc(C[N+]23CN4CN(CN(C4)C2)C3)s1. The van der Waals surface area contributed by atoms with E-state index >= 15 is 0 Å². The fourth-order valence-corrected chi connectivity index (χ4v) is 4.35. The van der Waals surface area contributed by atoms with Crippen molar-refractivity contribution in [2.24, 2.45) is 0 Å². The summed E-state index contributed by atoms with van der Waals surface area (Å²) in [4.78, 5) is 13.1. The highest BCUT2D eigenvalue weighted by molar-refractivity contribution is 7.15. The first-order valence-corrected chi connectivity index (χ1v) is 6.75. The molecule has 0 radical (unpaired) electrons. The van der Waals surface area contributed by atoms with Gasteiger partial charge < -0.3 is 5.73 Å². The van der Waals surface area contributed by atoms with Crippen molar-refractivity contribution in [3.8, 4) is 0 Å². The molecule has 1 aromatic rings. The second-order valence-electron chi connectivity index (χ2n) is 5.53. The maximum absolute atomic E-state index is 5.71. The van der Waals surface area contributed by atoms with E-state index in [9.17, 15) is 0 Å². The highest BCUT2D eigenvalue weighted by Crippen LogP contribution is 2.31. The van der Waals surface area contributed by atoms with Crippen LogP contribution < -0.4 is 5.73 Å². The number of nitrogens with two attached hydrogens (primary N) is 1. The van der Waals surface area contributed by atoms with Gasteiger partial charge >= 0.3 is 0 Å². The summed E-state index contributed by atoms with van der Waals surface area (Å²) < 4.78 is 1.13. The van der Waals surface area contributed by atoms with Crippen LogP contribution in [0.15, 0.2) is 6.20 Å². The monoisotopic (exact) mass is 253 g/mol. The van der Waals surface area contributed by atoms with Crippen LogP contribution in [0.2, 0.25) is 0 Å². The van der Waals surface area contributed by atoms with Crippen molar-refractivity contribution in [3.63, 3.8) is 0 Å². The highest BCUT2D eigenvalue weighted by atomic mass is 32.1. The second-order valence-corrected chi connectivity index (χ2v) is 6.67. The lowest BCUT2D eigenvalue weighted by atomic mass is 10.3. The van der Waals surface area contributed by atoms with Crippen LogP contribution in [0.1, 0.15) is 4.88 Å². The van der Waals surface area contributed by atoms with Crippen LogP contribution in [0.25, 0.3) is 0 Å². The molecular formula is C10H17N6S+. The molecule has 4 saturated heterocycles. The predicted molar refractivity (Wildman–Crippen MR) is 65.2 cm³/mol. The summed E-state index contributed by atoms with van der Waals surface area (Å²) in [6.45, 7) is 8.00. The zero-order chi connectivity index (χ0) is 11.5. The molecule has 7 heteroatoms. The number of hydrogen-bond donors (Lipinski definition) is 1. The van der Waals surface area contributed by atoms with Gasteiger partial charge in [-0.1, -0.05) is 11.3 Å². The van der Waals surface area contributed by atoms with Crippen LogP contribution in [0.3, 0.4) is 0 Å². The first-order valence-electron chi connectivity index (χ1n) is 5.93. The fraction of sp³-hybridized carbons (Fsp3) is 0.700. The van der Waals surface area contributed by atoms with Gasteiger partial charge in [0.05, 0.1) is 24.9 Å². The third-order valence-corrected chi connectivity index (χ3v) is 4.57. The molecule has 4 bridgehead atoms. The molecule has 17 heavy (non-hydrogen) atoms. The summed E-state index contributed by atoms with van der Waals surface area (Å²) in [5, 5.41) is 0.690. The number of thiazole rings is 1. The van der Waals surface area contributed by atoms with Gasteiger partial charge in [-0.2, -0.15) is 0 Å². The van der Waals surface area contributed by atoms with Crippen LogP contribution in [0.4, 0.5) is 5.13 Å². The Labute approximate surface area is 104 Å². The third-order valence-electron chi connectivity index (χ3n) is 3.76. The first-order chi connectivity index (χ1) is 8.21. The van der Waals surface area contributed by atoms with Gasteiger partial charge in [0.1, 0.15) is 26.6 Å². The number of aromatic nitrogens is 1. The van der Waals surface area contributed by atoms with E-state index in [1.807, 2.05) is 6.20 Å². The minimum absolute atomic E-state index is 0.690. The van der Waals surface area contributed by atoms with Crippen molar-refractivity contribution in [1.82, 2.24) is 19.7 Å². The molecule has 5 rings (SSSR count). The normalized spacial score (nSPS) is 43.2. The van der Waals surface area contributed by atoms with Crippen molar-refractivity contribution in [1.29, 1.82) is 0 Å². The highest BCUT2D eigenvalue weighted by Gasteiger charge is 2.48. The Balaban J connectivity index is 1.60. The number of hydrogen-bond acceptors (Lipinski definition) is 6. The van der Waals surface area contributed by atoms with E-state index in [1.54, 1.807) is 11.3 Å². The molecule has 0 amide bonds. The Morgan fingerprint density at radius 2 is 1.76 bits per heavy atom. The van der Waals surface area contributed by atoms with E-state index in [0.29, 0.717) is 5.13 Å².